The van der Waals surface area contributed by atoms with E-state index in [2.05, 4.69) is 229 Å². The molecule has 4 heteroatoms. The summed E-state index contributed by atoms with van der Waals surface area (Å²) >= 11 is 1.99. The molecule has 0 atom stereocenters. The molecule has 9 aromatic carbocycles. The number of nitrogens with zero attached hydrogens (tertiary/aromatic N) is 2. The van der Waals surface area contributed by atoms with Gasteiger partial charge in [-0.3, -0.25) is 0 Å². The van der Waals surface area contributed by atoms with Crippen LogP contribution in [0.2, 0.25) is 0 Å². The maximum absolute atomic E-state index is 2.61. The summed E-state index contributed by atoms with van der Waals surface area (Å²) in [5, 5.41) is 9.10. The second-order valence-corrected chi connectivity index (χ2v) is 21.8. The normalized spacial score (nSPS) is 13.5. The van der Waals surface area contributed by atoms with E-state index in [9.17, 15) is 0 Å². The standard InChI is InChI=1S/C62H55BN2S/c1-9-38-22-28-43(29-23-38)64-55-20-15-21-56-58(55)63(60-59(64)51-37-42(62(6,7)8)27-33-57(51)66-60)52-34-39(10-2)24-31-54(52)65(56)53-32-26-41(61(3,4)5)36-49(53)40-25-30-48-46-18-12-11-16-44(46)45-17-13-14-19-47(45)50(48)35-40/h11-37H,9-10H2,1-8H3. The monoisotopic (exact) mass is 870 g/mol. The fourth-order valence-corrected chi connectivity index (χ4v) is 12.4. The van der Waals surface area contributed by atoms with Gasteiger partial charge in [0, 0.05) is 43.2 Å². The minimum atomic E-state index is -0.0435. The van der Waals surface area contributed by atoms with E-state index in [1.165, 1.54) is 126 Å². The lowest BCUT2D eigenvalue weighted by molar-refractivity contribution is 0.590. The molecule has 0 N–H and O–H groups in total. The molecule has 0 amide bonds. The Hall–Kier alpha value is -6.62. The number of fused-ring (bicyclic) bond motifs is 12. The highest BCUT2D eigenvalue weighted by molar-refractivity contribution is 7.33. The first-order valence-corrected chi connectivity index (χ1v) is 24.7. The second-order valence-electron chi connectivity index (χ2n) is 20.7. The molecule has 0 unspecified atom stereocenters. The van der Waals surface area contributed by atoms with Crippen LogP contribution in [0.15, 0.2) is 164 Å². The highest BCUT2D eigenvalue weighted by Gasteiger charge is 2.45. The Balaban J connectivity index is 1.15. The van der Waals surface area contributed by atoms with E-state index < -0.39 is 0 Å². The third-order valence-electron chi connectivity index (χ3n) is 14.7. The van der Waals surface area contributed by atoms with E-state index in [0.717, 1.165) is 12.8 Å². The van der Waals surface area contributed by atoms with Crippen molar-refractivity contribution in [1.29, 1.82) is 0 Å². The van der Waals surface area contributed by atoms with Gasteiger partial charge in [-0.1, -0.05) is 159 Å². The molecule has 1 aromatic heterocycles. The fraction of sp³-hybridized carbons (Fsp3) is 0.194. The van der Waals surface area contributed by atoms with E-state index >= 15 is 0 Å². The quantitative estimate of drug-likeness (QED) is 0.126. The second kappa shape index (κ2) is 15.0. The highest BCUT2D eigenvalue weighted by Crippen LogP contribution is 2.50. The van der Waals surface area contributed by atoms with Crippen molar-refractivity contribution >= 4 is 110 Å². The van der Waals surface area contributed by atoms with Crippen LogP contribution in [0.25, 0.3) is 53.5 Å². The summed E-state index contributed by atoms with van der Waals surface area (Å²) < 4.78 is 2.76. The Morgan fingerprint density at radius 2 is 1.03 bits per heavy atom. The van der Waals surface area contributed by atoms with Crippen molar-refractivity contribution in [1.82, 2.24) is 0 Å². The molecule has 10 aromatic rings. The fourth-order valence-electron chi connectivity index (χ4n) is 11.1. The molecule has 0 spiro atoms. The maximum Gasteiger partial charge on any atom is 0.264 e. The van der Waals surface area contributed by atoms with E-state index in [4.69, 9.17) is 0 Å². The largest absolute Gasteiger partial charge is 0.311 e. The predicted molar refractivity (Wildman–Crippen MR) is 290 cm³/mol. The molecule has 322 valence electrons. The minimum Gasteiger partial charge on any atom is -0.311 e. The molecule has 0 saturated carbocycles. The lowest BCUT2D eigenvalue weighted by Gasteiger charge is -2.43. The number of thiophene rings is 1. The Morgan fingerprint density at radius 1 is 0.455 bits per heavy atom. The van der Waals surface area contributed by atoms with Gasteiger partial charge in [0.1, 0.15) is 0 Å². The third kappa shape index (κ3) is 6.21. The molecule has 0 fully saturated rings. The first kappa shape index (κ1) is 40.9. The molecule has 2 aliphatic rings. The van der Waals surface area contributed by atoms with Crippen molar-refractivity contribution in [2.45, 2.75) is 79.1 Å². The minimum absolute atomic E-state index is 0.0243. The maximum atomic E-state index is 2.61. The number of rotatable bonds is 5. The zero-order valence-electron chi connectivity index (χ0n) is 39.4. The van der Waals surface area contributed by atoms with Crippen LogP contribution in [0.1, 0.15) is 77.6 Å². The van der Waals surface area contributed by atoms with Gasteiger partial charge in [0.25, 0.3) is 6.71 Å². The Labute approximate surface area is 394 Å². The van der Waals surface area contributed by atoms with Crippen LogP contribution in [0.5, 0.6) is 0 Å². The summed E-state index contributed by atoms with van der Waals surface area (Å²) in [4.78, 5) is 5.22. The highest BCUT2D eigenvalue weighted by atomic mass is 32.1. The average Bonchev–Trinajstić information content (AvgIpc) is 3.71. The lowest BCUT2D eigenvalue weighted by atomic mass is 9.36. The predicted octanol–water partition coefficient (Wildman–Crippen LogP) is 15.8. The molecule has 3 heterocycles. The van der Waals surface area contributed by atoms with Crippen molar-refractivity contribution in [2.24, 2.45) is 0 Å². The van der Waals surface area contributed by atoms with Gasteiger partial charge in [0.05, 0.1) is 11.4 Å². The molecule has 0 saturated heterocycles. The molecule has 0 aliphatic carbocycles. The van der Waals surface area contributed by atoms with Gasteiger partial charge in [0.15, 0.2) is 0 Å². The molecule has 12 rings (SSSR count). The third-order valence-corrected chi connectivity index (χ3v) is 15.9. The van der Waals surface area contributed by atoms with Crippen LogP contribution < -0.4 is 25.5 Å². The Bertz CT molecular complexity index is 3570. The number of benzene rings is 9. The van der Waals surface area contributed by atoms with Crippen LogP contribution in [0.4, 0.5) is 34.1 Å². The van der Waals surface area contributed by atoms with E-state index in [-0.39, 0.29) is 17.5 Å². The number of hydrogen-bond donors (Lipinski definition) is 0. The summed E-state index contributed by atoms with van der Waals surface area (Å²) in [6.45, 7) is 18.6. The van der Waals surface area contributed by atoms with Crippen LogP contribution in [-0.4, -0.2) is 6.71 Å². The van der Waals surface area contributed by atoms with Crippen molar-refractivity contribution in [3.63, 3.8) is 0 Å². The lowest BCUT2D eigenvalue weighted by Crippen LogP contribution is -2.60. The molecular weight excluding hydrogens is 816 g/mol. The summed E-state index contributed by atoms with van der Waals surface area (Å²) in [5.41, 5.74) is 18.1. The van der Waals surface area contributed by atoms with E-state index in [1.54, 1.807) is 0 Å². The molecule has 2 aliphatic heterocycles. The Kier molecular flexibility index (Phi) is 9.26. The number of aryl methyl sites for hydroxylation is 2. The van der Waals surface area contributed by atoms with Crippen LogP contribution >= 0.6 is 11.3 Å². The number of anilines is 6. The van der Waals surface area contributed by atoms with Gasteiger partial charge in [-0.05, 0) is 155 Å². The van der Waals surface area contributed by atoms with Crippen molar-refractivity contribution in [2.75, 3.05) is 9.80 Å². The van der Waals surface area contributed by atoms with Crippen molar-refractivity contribution < 1.29 is 0 Å². The first-order valence-electron chi connectivity index (χ1n) is 23.9. The molecule has 66 heavy (non-hydrogen) atoms. The van der Waals surface area contributed by atoms with Crippen LogP contribution in [-0.2, 0) is 23.7 Å². The number of hydrogen-bond acceptors (Lipinski definition) is 3. The zero-order valence-corrected chi connectivity index (χ0v) is 40.2. The summed E-state index contributed by atoms with van der Waals surface area (Å²) in [6, 6.07) is 63.3. The zero-order chi connectivity index (χ0) is 45.2. The van der Waals surface area contributed by atoms with Crippen molar-refractivity contribution in [3.05, 3.63) is 186 Å². The van der Waals surface area contributed by atoms with E-state index in [1.807, 2.05) is 11.3 Å². The van der Waals surface area contributed by atoms with Gasteiger partial charge in [-0.15, -0.1) is 11.3 Å². The smallest absolute Gasteiger partial charge is 0.264 e. The topological polar surface area (TPSA) is 6.48 Å². The molecule has 0 radical (unpaired) electrons. The Morgan fingerprint density at radius 3 is 1.68 bits per heavy atom. The summed E-state index contributed by atoms with van der Waals surface area (Å²) in [7, 11) is 0. The molecule has 0 bridgehead atoms. The molecular formula is C62H55BN2S. The van der Waals surface area contributed by atoms with E-state index in [0.29, 0.717) is 0 Å². The van der Waals surface area contributed by atoms with Gasteiger partial charge in [-0.25, -0.2) is 0 Å². The van der Waals surface area contributed by atoms with Crippen LogP contribution in [0.3, 0.4) is 0 Å². The van der Waals surface area contributed by atoms with Gasteiger partial charge in [-0.2, -0.15) is 0 Å². The average molecular weight is 871 g/mol. The van der Waals surface area contributed by atoms with Crippen LogP contribution in [0, 0.1) is 0 Å². The van der Waals surface area contributed by atoms with Gasteiger partial charge in [0.2, 0.25) is 0 Å². The summed E-state index contributed by atoms with van der Waals surface area (Å²) in [5.74, 6) is 0. The first-order chi connectivity index (χ1) is 31.9. The summed E-state index contributed by atoms with van der Waals surface area (Å²) in [6.07, 6.45) is 1.99. The van der Waals surface area contributed by atoms with Crippen molar-refractivity contribution in [3.8, 4) is 11.1 Å². The van der Waals surface area contributed by atoms with Gasteiger partial charge < -0.3 is 9.80 Å². The SMILES string of the molecule is CCc1ccc(N2c3cccc4c3B(c3cc(CC)ccc3N4c3ccc(C(C)(C)C)cc3-c3ccc4c5ccccc5c5ccccc5c4c3)c3sc4ccc(C(C)(C)C)cc4c32)cc1. The van der Waals surface area contributed by atoms with Gasteiger partial charge >= 0.3 is 0 Å². The molecule has 2 nitrogen and oxygen atoms in total.